The zero-order valence-electron chi connectivity index (χ0n) is 10.4. The first-order chi connectivity index (χ1) is 6.41. The Balaban J connectivity index is 3.79. The van der Waals surface area contributed by atoms with Gasteiger partial charge in [0.15, 0.2) is 0 Å². The van der Waals surface area contributed by atoms with Crippen LogP contribution in [0, 0.1) is 11.3 Å². The number of hydrogen-bond donors (Lipinski definition) is 2. The van der Waals surface area contributed by atoms with E-state index in [1.807, 2.05) is 0 Å². The Morgan fingerprint density at radius 1 is 1.29 bits per heavy atom. The summed E-state index contributed by atoms with van der Waals surface area (Å²) < 4.78 is 0. The van der Waals surface area contributed by atoms with Crippen molar-refractivity contribution in [3.05, 3.63) is 0 Å². The first-order valence-electron chi connectivity index (χ1n) is 5.76. The molecule has 0 aromatic heterocycles. The van der Waals surface area contributed by atoms with E-state index in [0.717, 1.165) is 19.4 Å². The van der Waals surface area contributed by atoms with Crippen LogP contribution in [0.5, 0.6) is 0 Å². The van der Waals surface area contributed by atoms with E-state index in [9.17, 15) is 0 Å². The highest BCUT2D eigenvalue weighted by atomic mass is 16.3. The molecular weight excluding hydrogens is 174 g/mol. The van der Waals surface area contributed by atoms with Crippen molar-refractivity contribution in [3.63, 3.8) is 0 Å². The summed E-state index contributed by atoms with van der Waals surface area (Å²) in [5, 5.41) is 12.4. The standard InChI is InChI=1S/C12H27NO/c1-6-11(7-8-14)9-13-10(2)12(3,4)5/h10-11,13-14H,6-9H2,1-5H3. The molecule has 0 heterocycles. The zero-order valence-corrected chi connectivity index (χ0v) is 10.4. The number of rotatable bonds is 6. The maximum atomic E-state index is 8.87. The van der Waals surface area contributed by atoms with Crippen LogP contribution < -0.4 is 5.32 Å². The second-order valence-corrected chi connectivity index (χ2v) is 5.28. The second-order valence-electron chi connectivity index (χ2n) is 5.28. The zero-order chi connectivity index (χ0) is 11.2. The highest BCUT2D eigenvalue weighted by molar-refractivity contribution is 4.77. The van der Waals surface area contributed by atoms with E-state index in [2.05, 4.69) is 39.9 Å². The fourth-order valence-corrected chi connectivity index (χ4v) is 1.28. The Hall–Kier alpha value is -0.0800. The van der Waals surface area contributed by atoms with Crippen LogP contribution in [-0.2, 0) is 0 Å². The molecule has 2 unspecified atom stereocenters. The Labute approximate surface area is 89.1 Å². The van der Waals surface area contributed by atoms with Crippen molar-refractivity contribution in [2.24, 2.45) is 11.3 Å². The van der Waals surface area contributed by atoms with Gasteiger partial charge in [-0.25, -0.2) is 0 Å². The summed E-state index contributed by atoms with van der Waals surface area (Å²) in [6, 6.07) is 0.523. The van der Waals surface area contributed by atoms with Crippen molar-refractivity contribution < 1.29 is 5.11 Å². The van der Waals surface area contributed by atoms with E-state index < -0.39 is 0 Å². The molecule has 0 spiro atoms. The number of aliphatic hydroxyl groups is 1. The smallest absolute Gasteiger partial charge is 0.0434 e. The van der Waals surface area contributed by atoms with Crippen molar-refractivity contribution >= 4 is 0 Å². The quantitative estimate of drug-likeness (QED) is 0.692. The van der Waals surface area contributed by atoms with Gasteiger partial charge in [0.1, 0.15) is 0 Å². The summed E-state index contributed by atoms with van der Waals surface area (Å²) in [5.74, 6) is 0.616. The highest BCUT2D eigenvalue weighted by Crippen LogP contribution is 2.19. The van der Waals surface area contributed by atoms with E-state index in [-0.39, 0.29) is 0 Å². The lowest BCUT2D eigenvalue weighted by atomic mass is 9.87. The van der Waals surface area contributed by atoms with Gasteiger partial charge in [0.2, 0.25) is 0 Å². The molecule has 14 heavy (non-hydrogen) atoms. The van der Waals surface area contributed by atoms with Crippen LogP contribution in [-0.4, -0.2) is 24.3 Å². The van der Waals surface area contributed by atoms with Gasteiger partial charge in [-0.2, -0.15) is 0 Å². The van der Waals surface area contributed by atoms with Gasteiger partial charge in [0, 0.05) is 12.6 Å². The third-order valence-corrected chi connectivity index (χ3v) is 3.13. The van der Waals surface area contributed by atoms with Crippen molar-refractivity contribution in [1.82, 2.24) is 5.32 Å². The Morgan fingerprint density at radius 3 is 2.21 bits per heavy atom. The molecule has 0 radical (unpaired) electrons. The van der Waals surface area contributed by atoms with E-state index in [1.165, 1.54) is 0 Å². The van der Waals surface area contributed by atoms with Gasteiger partial charge in [0.05, 0.1) is 0 Å². The van der Waals surface area contributed by atoms with Gasteiger partial charge < -0.3 is 10.4 Å². The number of hydrogen-bond acceptors (Lipinski definition) is 2. The van der Waals surface area contributed by atoms with Crippen LogP contribution in [0.25, 0.3) is 0 Å². The van der Waals surface area contributed by atoms with Crippen LogP contribution in [0.2, 0.25) is 0 Å². The minimum Gasteiger partial charge on any atom is -0.396 e. The molecule has 0 fully saturated rings. The van der Waals surface area contributed by atoms with Crippen molar-refractivity contribution in [1.29, 1.82) is 0 Å². The Morgan fingerprint density at radius 2 is 1.86 bits per heavy atom. The van der Waals surface area contributed by atoms with Gasteiger partial charge in [-0.15, -0.1) is 0 Å². The highest BCUT2D eigenvalue weighted by Gasteiger charge is 2.19. The minimum absolute atomic E-state index is 0.310. The molecule has 0 saturated heterocycles. The third-order valence-electron chi connectivity index (χ3n) is 3.13. The second kappa shape index (κ2) is 6.41. The molecule has 0 amide bonds. The Bertz CT molecular complexity index is 140. The third kappa shape index (κ3) is 5.61. The molecule has 2 atom stereocenters. The van der Waals surface area contributed by atoms with E-state index in [0.29, 0.717) is 24.0 Å². The lowest BCUT2D eigenvalue weighted by molar-refractivity contribution is 0.231. The van der Waals surface area contributed by atoms with Gasteiger partial charge in [0.25, 0.3) is 0 Å². The summed E-state index contributed by atoms with van der Waals surface area (Å²) in [6.45, 7) is 12.5. The lowest BCUT2D eigenvalue weighted by Crippen LogP contribution is -2.40. The largest absolute Gasteiger partial charge is 0.396 e. The molecule has 0 aliphatic rings. The summed E-state index contributed by atoms with van der Waals surface area (Å²) >= 11 is 0. The average molecular weight is 201 g/mol. The maximum absolute atomic E-state index is 8.87. The van der Waals surface area contributed by atoms with Crippen molar-refractivity contribution in [3.8, 4) is 0 Å². The average Bonchev–Trinajstić information content (AvgIpc) is 2.10. The lowest BCUT2D eigenvalue weighted by Gasteiger charge is -2.29. The molecule has 0 bridgehead atoms. The molecule has 0 saturated carbocycles. The van der Waals surface area contributed by atoms with Gasteiger partial charge in [-0.1, -0.05) is 34.1 Å². The van der Waals surface area contributed by atoms with Gasteiger partial charge >= 0.3 is 0 Å². The molecule has 2 heteroatoms. The molecule has 0 aliphatic carbocycles. The number of aliphatic hydroxyl groups excluding tert-OH is 1. The molecule has 2 nitrogen and oxygen atoms in total. The van der Waals surface area contributed by atoms with Crippen LogP contribution in [0.15, 0.2) is 0 Å². The monoisotopic (exact) mass is 201 g/mol. The summed E-state index contributed by atoms with van der Waals surface area (Å²) in [4.78, 5) is 0. The van der Waals surface area contributed by atoms with E-state index >= 15 is 0 Å². The fraction of sp³-hybridized carbons (Fsp3) is 1.00. The first kappa shape index (κ1) is 13.9. The van der Waals surface area contributed by atoms with E-state index in [4.69, 9.17) is 5.11 Å². The molecule has 2 N–H and O–H groups in total. The van der Waals surface area contributed by atoms with Gasteiger partial charge in [-0.3, -0.25) is 0 Å². The van der Waals surface area contributed by atoms with Crippen LogP contribution in [0.1, 0.15) is 47.5 Å². The van der Waals surface area contributed by atoms with Crippen LogP contribution in [0.4, 0.5) is 0 Å². The van der Waals surface area contributed by atoms with Crippen molar-refractivity contribution in [2.75, 3.05) is 13.2 Å². The molecule has 0 rings (SSSR count). The summed E-state index contributed by atoms with van der Waals surface area (Å²) in [5.41, 5.74) is 0.317. The minimum atomic E-state index is 0.310. The molecule has 0 aliphatic heterocycles. The maximum Gasteiger partial charge on any atom is 0.0434 e. The number of nitrogens with one attached hydrogen (secondary N) is 1. The fourth-order valence-electron chi connectivity index (χ4n) is 1.28. The first-order valence-corrected chi connectivity index (χ1v) is 5.76. The topological polar surface area (TPSA) is 32.3 Å². The van der Waals surface area contributed by atoms with Crippen molar-refractivity contribution in [2.45, 2.75) is 53.5 Å². The predicted octanol–water partition coefficient (Wildman–Crippen LogP) is 2.42. The molecule has 0 aromatic carbocycles. The van der Waals surface area contributed by atoms with E-state index in [1.54, 1.807) is 0 Å². The predicted molar refractivity (Wildman–Crippen MR) is 62.4 cm³/mol. The van der Waals surface area contributed by atoms with Crippen LogP contribution >= 0.6 is 0 Å². The SMILES string of the molecule is CCC(CCO)CNC(C)C(C)(C)C. The molecule has 86 valence electrons. The van der Waals surface area contributed by atoms with Gasteiger partial charge in [-0.05, 0) is 31.2 Å². The molecular formula is C12H27NO. The van der Waals surface area contributed by atoms with Crippen LogP contribution in [0.3, 0.4) is 0 Å². The Kier molecular flexibility index (Phi) is 6.38. The molecule has 0 aromatic rings. The summed E-state index contributed by atoms with van der Waals surface area (Å²) in [6.07, 6.45) is 2.06. The summed E-state index contributed by atoms with van der Waals surface area (Å²) in [7, 11) is 0. The normalized spacial score (nSPS) is 16.7.